The molecule has 1 atom stereocenters. The third-order valence-corrected chi connectivity index (χ3v) is 5.45. The topological polar surface area (TPSA) is 96.3 Å². The minimum Gasteiger partial charge on any atom is -0.338 e. The molecule has 8 nitrogen and oxygen atoms in total. The van der Waals surface area contributed by atoms with Crippen LogP contribution in [0, 0.1) is 19.8 Å². The van der Waals surface area contributed by atoms with E-state index in [1.54, 1.807) is 24.3 Å². The number of imide groups is 1. The van der Waals surface area contributed by atoms with Gasteiger partial charge in [-0.15, -0.1) is 0 Å². The van der Waals surface area contributed by atoms with Gasteiger partial charge in [-0.1, -0.05) is 30.8 Å². The highest BCUT2D eigenvalue weighted by Gasteiger charge is 2.29. The largest absolute Gasteiger partial charge is 0.338 e. The molecule has 29 heavy (non-hydrogen) atoms. The molecule has 0 saturated carbocycles. The number of hydrogen-bond acceptors (Lipinski definition) is 5. The van der Waals surface area contributed by atoms with Crippen LogP contribution in [0.25, 0.3) is 0 Å². The molecule has 2 N–H and O–H groups in total. The molecule has 0 radical (unpaired) electrons. The fourth-order valence-electron chi connectivity index (χ4n) is 3.07. The Balaban J connectivity index is 1.45. The average molecular weight is 416 g/mol. The van der Waals surface area contributed by atoms with Gasteiger partial charge in [0.25, 0.3) is 5.24 Å². The number of nitrogens with one attached hydrogen (secondary N) is 2. The molecule has 1 fully saturated rings. The molecule has 2 aromatic rings. The van der Waals surface area contributed by atoms with Crippen LogP contribution >= 0.6 is 11.8 Å². The van der Waals surface area contributed by atoms with Crippen molar-refractivity contribution in [3.8, 4) is 0 Å². The highest BCUT2D eigenvalue weighted by molar-refractivity contribution is 8.14. The van der Waals surface area contributed by atoms with Crippen molar-refractivity contribution in [2.75, 3.05) is 17.6 Å². The van der Waals surface area contributed by atoms with Crippen molar-refractivity contribution in [1.82, 2.24) is 20.0 Å². The van der Waals surface area contributed by atoms with E-state index in [9.17, 15) is 14.4 Å². The van der Waals surface area contributed by atoms with E-state index < -0.39 is 0 Å². The van der Waals surface area contributed by atoms with Crippen LogP contribution in [-0.2, 0) is 17.9 Å². The SMILES string of the molecule is Cc1cc(C)n(CC(C)CNC(=O)Nc2ccc(CN3C(=O)CSC3=O)cc2)n1. The lowest BCUT2D eigenvalue weighted by molar-refractivity contribution is -0.125. The maximum atomic E-state index is 12.1. The number of aryl methyl sites for hydroxylation is 2. The van der Waals surface area contributed by atoms with Crippen molar-refractivity contribution in [2.24, 2.45) is 5.92 Å². The number of carbonyl (C=O) groups excluding carboxylic acids is 3. The molecule has 9 heteroatoms. The molecular weight excluding hydrogens is 390 g/mol. The van der Waals surface area contributed by atoms with Crippen molar-refractivity contribution in [3.05, 3.63) is 47.3 Å². The van der Waals surface area contributed by atoms with Gasteiger partial charge in [-0.05, 0) is 43.5 Å². The Morgan fingerprint density at radius 3 is 2.55 bits per heavy atom. The Kier molecular flexibility index (Phi) is 6.58. The predicted octanol–water partition coefficient (Wildman–Crippen LogP) is 3.15. The third kappa shape index (κ3) is 5.60. The normalized spacial score (nSPS) is 14.9. The number of amides is 4. The zero-order valence-electron chi connectivity index (χ0n) is 16.8. The predicted molar refractivity (Wildman–Crippen MR) is 113 cm³/mol. The minimum atomic E-state index is -0.278. The molecule has 1 aliphatic heterocycles. The second kappa shape index (κ2) is 9.13. The molecule has 1 saturated heterocycles. The van der Waals surface area contributed by atoms with Crippen LogP contribution in [0.3, 0.4) is 0 Å². The summed E-state index contributed by atoms with van der Waals surface area (Å²) in [4.78, 5) is 36.7. The van der Waals surface area contributed by atoms with Gasteiger partial charge in [0.2, 0.25) is 5.91 Å². The summed E-state index contributed by atoms with van der Waals surface area (Å²) in [6.07, 6.45) is 0. The molecule has 0 bridgehead atoms. The standard InChI is InChI=1S/C20H25N5O3S/c1-13(10-25-15(3)8-14(2)23-25)9-21-19(27)22-17-6-4-16(5-7-17)11-24-18(26)12-29-20(24)28/h4-8,13H,9-12H2,1-3H3,(H2,21,22,27). The van der Waals surface area contributed by atoms with Gasteiger partial charge in [-0.25, -0.2) is 4.79 Å². The fraction of sp³-hybridized carbons (Fsp3) is 0.400. The number of nitrogens with zero attached hydrogens (tertiary/aromatic N) is 3. The van der Waals surface area contributed by atoms with Gasteiger partial charge in [0.1, 0.15) is 0 Å². The van der Waals surface area contributed by atoms with Crippen molar-refractivity contribution in [1.29, 1.82) is 0 Å². The molecule has 1 aromatic heterocycles. The van der Waals surface area contributed by atoms with Gasteiger partial charge in [-0.3, -0.25) is 19.2 Å². The molecule has 3 rings (SSSR count). The van der Waals surface area contributed by atoms with Crippen LogP contribution in [0.5, 0.6) is 0 Å². The number of hydrogen-bond donors (Lipinski definition) is 2. The Morgan fingerprint density at radius 2 is 1.97 bits per heavy atom. The highest BCUT2D eigenvalue weighted by atomic mass is 32.2. The first-order valence-corrected chi connectivity index (χ1v) is 10.4. The lowest BCUT2D eigenvalue weighted by atomic mass is 10.2. The van der Waals surface area contributed by atoms with Gasteiger partial charge < -0.3 is 10.6 Å². The highest BCUT2D eigenvalue weighted by Crippen LogP contribution is 2.21. The van der Waals surface area contributed by atoms with Crippen molar-refractivity contribution >= 4 is 34.6 Å². The van der Waals surface area contributed by atoms with E-state index in [0.29, 0.717) is 12.2 Å². The average Bonchev–Trinajstić information content (AvgIpc) is 3.16. The van der Waals surface area contributed by atoms with Crippen molar-refractivity contribution < 1.29 is 14.4 Å². The van der Waals surface area contributed by atoms with E-state index in [-0.39, 0.29) is 35.4 Å². The van der Waals surface area contributed by atoms with Gasteiger partial charge >= 0.3 is 6.03 Å². The quantitative estimate of drug-likeness (QED) is 0.724. The molecule has 4 amide bonds. The van der Waals surface area contributed by atoms with E-state index in [2.05, 4.69) is 22.7 Å². The third-order valence-electron chi connectivity index (χ3n) is 4.59. The summed E-state index contributed by atoms with van der Waals surface area (Å²) in [5.74, 6) is 0.266. The van der Waals surface area contributed by atoms with E-state index in [4.69, 9.17) is 0 Å². The van der Waals surface area contributed by atoms with Crippen LogP contribution in [0.15, 0.2) is 30.3 Å². The van der Waals surface area contributed by atoms with Gasteiger partial charge in [0.15, 0.2) is 0 Å². The van der Waals surface area contributed by atoms with Gasteiger partial charge in [0, 0.05) is 24.5 Å². The van der Waals surface area contributed by atoms with Crippen LogP contribution in [0.2, 0.25) is 0 Å². The molecule has 1 unspecified atom stereocenters. The summed E-state index contributed by atoms with van der Waals surface area (Å²) < 4.78 is 1.95. The summed E-state index contributed by atoms with van der Waals surface area (Å²) in [7, 11) is 0. The lowest BCUT2D eigenvalue weighted by Crippen LogP contribution is -2.33. The van der Waals surface area contributed by atoms with Crippen LogP contribution in [0.4, 0.5) is 15.3 Å². The second-order valence-corrected chi connectivity index (χ2v) is 8.21. The smallest absolute Gasteiger partial charge is 0.319 e. The summed E-state index contributed by atoms with van der Waals surface area (Å²) in [6.45, 7) is 7.56. The molecule has 1 aliphatic rings. The van der Waals surface area contributed by atoms with Gasteiger partial charge in [0.05, 0.1) is 18.0 Å². The number of benzene rings is 1. The Morgan fingerprint density at radius 1 is 1.24 bits per heavy atom. The number of rotatable bonds is 7. The molecule has 2 heterocycles. The maximum absolute atomic E-state index is 12.1. The van der Waals surface area contributed by atoms with Crippen molar-refractivity contribution in [3.63, 3.8) is 0 Å². The van der Waals surface area contributed by atoms with Crippen LogP contribution in [-0.4, -0.2) is 44.2 Å². The van der Waals surface area contributed by atoms with E-state index in [0.717, 1.165) is 35.3 Å². The number of thioether (sulfide) groups is 1. The zero-order chi connectivity index (χ0) is 21.0. The fourth-order valence-corrected chi connectivity index (χ4v) is 3.80. The second-order valence-electron chi connectivity index (χ2n) is 7.28. The molecule has 1 aromatic carbocycles. The maximum Gasteiger partial charge on any atom is 0.319 e. The molecular formula is C20H25N5O3S. The Bertz CT molecular complexity index is 893. The van der Waals surface area contributed by atoms with E-state index in [1.165, 1.54) is 4.90 Å². The van der Waals surface area contributed by atoms with E-state index >= 15 is 0 Å². The summed E-state index contributed by atoms with van der Waals surface area (Å²) >= 11 is 1.02. The number of carbonyl (C=O) groups is 3. The molecule has 0 aliphatic carbocycles. The first kappa shape index (κ1) is 20.9. The summed E-state index contributed by atoms with van der Waals surface area (Å²) in [5, 5.41) is 9.89. The number of urea groups is 1. The van der Waals surface area contributed by atoms with Gasteiger partial charge in [-0.2, -0.15) is 5.10 Å². The Hall–Kier alpha value is -2.81. The monoisotopic (exact) mass is 415 g/mol. The minimum absolute atomic E-state index is 0.170. The van der Waals surface area contributed by atoms with Crippen molar-refractivity contribution in [2.45, 2.75) is 33.9 Å². The lowest BCUT2D eigenvalue weighted by Gasteiger charge is -2.15. The first-order valence-electron chi connectivity index (χ1n) is 9.44. The summed E-state index contributed by atoms with van der Waals surface area (Å²) in [6, 6.07) is 8.86. The number of aromatic nitrogens is 2. The molecule has 154 valence electrons. The van der Waals surface area contributed by atoms with E-state index in [1.807, 2.05) is 24.6 Å². The summed E-state index contributed by atoms with van der Waals surface area (Å²) in [5.41, 5.74) is 3.57. The zero-order valence-corrected chi connectivity index (χ0v) is 17.6. The number of anilines is 1. The Labute approximate surface area is 174 Å². The van der Waals surface area contributed by atoms with Crippen LogP contribution in [0.1, 0.15) is 23.9 Å². The van der Waals surface area contributed by atoms with Crippen LogP contribution < -0.4 is 10.6 Å². The molecule has 0 spiro atoms. The first-order chi connectivity index (χ1) is 13.8.